The highest BCUT2D eigenvalue weighted by Crippen LogP contribution is 2.31. The number of aryl methyl sites for hydroxylation is 2. The molecule has 0 bridgehead atoms. The molecule has 1 amide bonds. The van der Waals surface area contributed by atoms with Crippen molar-refractivity contribution in [1.29, 1.82) is 0 Å². The second-order valence-electron chi connectivity index (χ2n) is 6.36. The predicted octanol–water partition coefficient (Wildman–Crippen LogP) is 2.44. The van der Waals surface area contributed by atoms with Crippen LogP contribution >= 0.6 is 0 Å². The molecule has 5 heteroatoms. The quantitative estimate of drug-likeness (QED) is 0.855. The summed E-state index contributed by atoms with van der Waals surface area (Å²) in [6.07, 6.45) is 1.93. The van der Waals surface area contributed by atoms with Gasteiger partial charge in [-0.3, -0.25) is 4.79 Å². The zero-order chi connectivity index (χ0) is 16.3. The van der Waals surface area contributed by atoms with E-state index in [0.29, 0.717) is 39.3 Å². The Hall–Kier alpha value is -1.59. The summed E-state index contributed by atoms with van der Waals surface area (Å²) < 4.78 is 17.1. The van der Waals surface area contributed by atoms with Gasteiger partial charge in [-0.15, -0.1) is 0 Å². The third-order valence-electron chi connectivity index (χ3n) is 4.60. The fourth-order valence-corrected chi connectivity index (χ4v) is 3.25. The second kappa shape index (κ2) is 6.89. The van der Waals surface area contributed by atoms with Crippen molar-refractivity contribution < 1.29 is 19.0 Å². The van der Waals surface area contributed by atoms with Crippen LogP contribution in [0.4, 0.5) is 0 Å². The molecule has 2 saturated heterocycles. The summed E-state index contributed by atoms with van der Waals surface area (Å²) in [7, 11) is 0. The molecule has 0 aromatic heterocycles. The number of carbonyl (C=O) groups excluding carboxylic acids is 1. The first-order valence-electron chi connectivity index (χ1n) is 8.34. The van der Waals surface area contributed by atoms with Crippen molar-refractivity contribution in [3.05, 3.63) is 29.3 Å². The first-order valence-corrected chi connectivity index (χ1v) is 8.34. The highest BCUT2D eigenvalue weighted by Gasteiger charge is 2.40. The van der Waals surface area contributed by atoms with Crippen LogP contribution in [0, 0.1) is 13.8 Å². The van der Waals surface area contributed by atoms with Gasteiger partial charge in [0.15, 0.2) is 5.79 Å². The zero-order valence-electron chi connectivity index (χ0n) is 14.0. The van der Waals surface area contributed by atoms with Gasteiger partial charge in [0.05, 0.1) is 26.2 Å². The number of piperidine rings is 1. The smallest absolute Gasteiger partial charge is 0.226 e. The standard InChI is InChI=1S/C18H25NO4/c1-14-3-4-16(15(2)13-14)21-10-5-17(20)19-8-6-18(7-9-19)22-11-12-23-18/h3-4,13H,5-12H2,1-2H3. The number of benzene rings is 1. The minimum Gasteiger partial charge on any atom is -0.493 e. The van der Waals surface area contributed by atoms with Crippen LogP contribution < -0.4 is 4.74 Å². The predicted molar refractivity (Wildman–Crippen MR) is 86.5 cm³/mol. The normalized spacial score (nSPS) is 20.0. The Kier molecular flexibility index (Phi) is 4.87. The number of likely N-dealkylation sites (tertiary alicyclic amines) is 1. The molecule has 126 valence electrons. The van der Waals surface area contributed by atoms with E-state index in [1.165, 1.54) is 5.56 Å². The summed E-state index contributed by atoms with van der Waals surface area (Å²) in [6, 6.07) is 6.08. The van der Waals surface area contributed by atoms with Crippen LogP contribution in [-0.4, -0.2) is 49.5 Å². The van der Waals surface area contributed by atoms with E-state index in [4.69, 9.17) is 14.2 Å². The van der Waals surface area contributed by atoms with Crippen LogP contribution in [0.25, 0.3) is 0 Å². The Labute approximate surface area is 137 Å². The van der Waals surface area contributed by atoms with Gasteiger partial charge in [-0.25, -0.2) is 0 Å². The summed E-state index contributed by atoms with van der Waals surface area (Å²) in [5.41, 5.74) is 2.32. The molecule has 2 aliphatic heterocycles. The summed E-state index contributed by atoms with van der Waals surface area (Å²) in [5, 5.41) is 0. The summed E-state index contributed by atoms with van der Waals surface area (Å²) in [4.78, 5) is 14.2. The van der Waals surface area contributed by atoms with Crippen molar-refractivity contribution in [2.24, 2.45) is 0 Å². The molecule has 2 heterocycles. The molecule has 1 aromatic rings. The maximum Gasteiger partial charge on any atom is 0.226 e. The average molecular weight is 319 g/mol. The summed E-state index contributed by atoms with van der Waals surface area (Å²) >= 11 is 0. The van der Waals surface area contributed by atoms with Crippen LogP contribution in [0.5, 0.6) is 5.75 Å². The first-order chi connectivity index (χ1) is 11.1. The van der Waals surface area contributed by atoms with E-state index in [-0.39, 0.29) is 5.91 Å². The van der Waals surface area contributed by atoms with Crippen molar-refractivity contribution in [2.45, 2.75) is 38.9 Å². The van der Waals surface area contributed by atoms with Crippen LogP contribution in [0.1, 0.15) is 30.4 Å². The molecule has 5 nitrogen and oxygen atoms in total. The van der Waals surface area contributed by atoms with Crippen molar-refractivity contribution in [2.75, 3.05) is 32.9 Å². The molecule has 1 spiro atoms. The summed E-state index contributed by atoms with van der Waals surface area (Å²) in [6.45, 7) is 7.22. The molecule has 0 saturated carbocycles. The Morgan fingerprint density at radius 3 is 2.57 bits per heavy atom. The molecule has 0 aliphatic carbocycles. The van der Waals surface area contributed by atoms with Crippen LogP contribution in [0.15, 0.2) is 18.2 Å². The lowest BCUT2D eigenvalue weighted by Gasteiger charge is -2.37. The topological polar surface area (TPSA) is 48.0 Å². The van der Waals surface area contributed by atoms with E-state index in [0.717, 1.165) is 24.2 Å². The Morgan fingerprint density at radius 1 is 1.22 bits per heavy atom. The minimum absolute atomic E-state index is 0.141. The SMILES string of the molecule is Cc1ccc(OCCC(=O)N2CCC3(CC2)OCCO3)c(C)c1. The Bertz CT molecular complexity index is 556. The number of amides is 1. The van der Waals surface area contributed by atoms with Crippen molar-refractivity contribution >= 4 is 5.91 Å². The number of ether oxygens (including phenoxy) is 3. The first kappa shape index (κ1) is 16.3. The van der Waals surface area contributed by atoms with Crippen molar-refractivity contribution in [3.63, 3.8) is 0 Å². The van der Waals surface area contributed by atoms with Crippen LogP contribution in [0.3, 0.4) is 0 Å². The van der Waals surface area contributed by atoms with Crippen molar-refractivity contribution in [1.82, 2.24) is 4.90 Å². The molecule has 0 unspecified atom stereocenters. The second-order valence-corrected chi connectivity index (χ2v) is 6.36. The molecule has 2 aliphatic rings. The zero-order valence-corrected chi connectivity index (χ0v) is 14.0. The van der Waals surface area contributed by atoms with Gasteiger partial charge in [0.25, 0.3) is 0 Å². The van der Waals surface area contributed by atoms with Gasteiger partial charge in [0, 0.05) is 25.9 Å². The van der Waals surface area contributed by atoms with Gasteiger partial charge < -0.3 is 19.1 Å². The van der Waals surface area contributed by atoms with E-state index in [1.807, 2.05) is 24.0 Å². The molecule has 0 atom stereocenters. The van der Waals surface area contributed by atoms with Crippen LogP contribution in [-0.2, 0) is 14.3 Å². The van der Waals surface area contributed by atoms with Gasteiger partial charge in [-0.1, -0.05) is 17.7 Å². The Balaban J connectivity index is 1.43. The number of nitrogens with zero attached hydrogens (tertiary/aromatic N) is 1. The van der Waals surface area contributed by atoms with E-state index >= 15 is 0 Å². The van der Waals surface area contributed by atoms with Gasteiger partial charge in [0.1, 0.15) is 5.75 Å². The molecule has 3 rings (SSSR count). The largest absolute Gasteiger partial charge is 0.493 e. The molecule has 1 aromatic carbocycles. The fourth-order valence-electron chi connectivity index (χ4n) is 3.25. The minimum atomic E-state index is -0.424. The summed E-state index contributed by atoms with van der Waals surface area (Å²) in [5.74, 6) is 0.572. The van der Waals surface area contributed by atoms with E-state index in [1.54, 1.807) is 0 Å². The maximum absolute atomic E-state index is 12.3. The van der Waals surface area contributed by atoms with E-state index < -0.39 is 5.79 Å². The van der Waals surface area contributed by atoms with Crippen LogP contribution in [0.2, 0.25) is 0 Å². The molecule has 2 fully saturated rings. The van der Waals surface area contributed by atoms with Gasteiger partial charge in [0.2, 0.25) is 5.91 Å². The van der Waals surface area contributed by atoms with Crippen molar-refractivity contribution in [3.8, 4) is 5.75 Å². The molecular weight excluding hydrogens is 294 g/mol. The lowest BCUT2D eigenvalue weighted by Crippen LogP contribution is -2.47. The third-order valence-corrected chi connectivity index (χ3v) is 4.60. The Morgan fingerprint density at radius 2 is 1.91 bits per heavy atom. The van der Waals surface area contributed by atoms with Gasteiger partial charge >= 0.3 is 0 Å². The monoisotopic (exact) mass is 319 g/mol. The fraction of sp³-hybridized carbons (Fsp3) is 0.611. The highest BCUT2D eigenvalue weighted by molar-refractivity contribution is 5.76. The molecular formula is C18H25NO4. The third kappa shape index (κ3) is 3.85. The van der Waals surface area contributed by atoms with E-state index in [2.05, 4.69) is 13.0 Å². The lowest BCUT2D eigenvalue weighted by molar-refractivity contribution is -0.187. The highest BCUT2D eigenvalue weighted by atomic mass is 16.7. The molecule has 0 N–H and O–H groups in total. The van der Waals surface area contributed by atoms with E-state index in [9.17, 15) is 4.79 Å². The number of carbonyl (C=O) groups is 1. The number of rotatable bonds is 4. The van der Waals surface area contributed by atoms with Gasteiger partial charge in [-0.2, -0.15) is 0 Å². The average Bonchev–Trinajstić information content (AvgIpc) is 2.98. The van der Waals surface area contributed by atoms with Gasteiger partial charge in [-0.05, 0) is 25.5 Å². The maximum atomic E-state index is 12.3. The lowest BCUT2D eigenvalue weighted by atomic mass is 10.0. The molecule has 23 heavy (non-hydrogen) atoms. The number of hydrogen-bond acceptors (Lipinski definition) is 4. The number of hydrogen-bond donors (Lipinski definition) is 0. The molecule has 0 radical (unpaired) electrons.